The van der Waals surface area contributed by atoms with Crippen LogP contribution in [0.4, 0.5) is 4.39 Å². The van der Waals surface area contributed by atoms with Gasteiger partial charge in [0, 0.05) is 36.7 Å². The highest BCUT2D eigenvalue weighted by molar-refractivity contribution is 6.00. The van der Waals surface area contributed by atoms with Crippen LogP contribution in [0.15, 0.2) is 67.0 Å². The monoisotopic (exact) mass is 647 g/mol. The average molecular weight is 648 g/mol. The highest BCUT2D eigenvalue weighted by Gasteiger charge is 2.71. The van der Waals surface area contributed by atoms with E-state index >= 15 is 0 Å². The molecule has 0 bridgehead atoms. The summed E-state index contributed by atoms with van der Waals surface area (Å²) in [5.74, 6) is -10.0. The fourth-order valence-corrected chi connectivity index (χ4v) is 5.93. The Bertz CT molecular complexity index is 1520. The summed E-state index contributed by atoms with van der Waals surface area (Å²) >= 11 is 0. The number of piperidine rings is 1. The van der Waals surface area contributed by atoms with Crippen molar-refractivity contribution in [3.8, 4) is 5.75 Å². The van der Waals surface area contributed by atoms with E-state index in [-0.39, 0.29) is 40.2 Å². The molecule has 5 rings (SSSR count). The highest BCUT2D eigenvalue weighted by Crippen LogP contribution is 2.47. The molecule has 2 aromatic rings. The molecule has 0 aromatic heterocycles. The van der Waals surface area contributed by atoms with Gasteiger partial charge in [-0.05, 0) is 45.9 Å². The molecular weight excluding hydrogens is 605 g/mol. The van der Waals surface area contributed by atoms with Gasteiger partial charge in [0.25, 0.3) is 17.5 Å². The second-order valence-electron chi connectivity index (χ2n) is 13.1. The molecule has 0 radical (unpaired) electrons. The lowest BCUT2D eigenvalue weighted by Crippen LogP contribution is -2.79. The molecule has 13 nitrogen and oxygen atoms in total. The van der Waals surface area contributed by atoms with Gasteiger partial charge in [0.15, 0.2) is 0 Å². The smallest absolute Gasteiger partial charge is 0.280 e. The molecule has 3 heterocycles. The van der Waals surface area contributed by atoms with Crippen LogP contribution < -0.4 is 10.1 Å². The first-order valence-corrected chi connectivity index (χ1v) is 14.4. The fourth-order valence-electron chi connectivity index (χ4n) is 5.93. The molecule has 2 saturated heterocycles. The van der Waals surface area contributed by atoms with Crippen LogP contribution in [-0.4, -0.2) is 99.0 Å². The number of nitrogens with zero attached hydrogens (tertiary/aromatic N) is 2. The molecule has 1 atom stereocenters. The number of hydrogen-bond acceptors (Lipinski definition) is 12. The third kappa shape index (κ3) is 6.28. The van der Waals surface area contributed by atoms with Gasteiger partial charge in [-0.25, -0.2) is 9.29 Å². The Morgan fingerprint density at radius 1 is 0.957 bits per heavy atom. The predicted molar refractivity (Wildman–Crippen MR) is 161 cm³/mol. The van der Waals surface area contributed by atoms with Crippen LogP contribution in [0.25, 0.3) is 0 Å². The molecule has 2 fully saturated rings. The van der Waals surface area contributed by atoms with Crippen LogP contribution in [0, 0.1) is 5.82 Å². The summed E-state index contributed by atoms with van der Waals surface area (Å²) in [6.45, 7) is 16.4. The van der Waals surface area contributed by atoms with Gasteiger partial charge >= 0.3 is 0 Å². The number of hydrogen-bond donors (Lipinski definition) is 8. The number of ether oxygens (including phenoxy) is 2. The number of aliphatic hydroxyl groups is 7. The topological polar surface area (TPSA) is 196 Å². The first kappa shape index (κ1) is 35.4. The zero-order valence-corrected chi connectivity index (χ0v) is 26.4. The molecule has 8 N–H and O–H groups in total. The number of fused-ring (bicyclic) bond motifs is 1. The first-order valence-electron chi connectivity index (χ1n) is 14.4. The van der Waals surface area contributed by atoms with E-state index in [2.05, 4.69) is 18.5 Å². The van der Waals surface area contributed by atoms with Crippen LogP contribution in [-0.2, 0) is 17.9 Å². The first-order chi connectivity index (χ1) is 20.9. The van der Waals surface area contributed by atoms with E-state index in [0.29, 0.717) is 18.0 Å². The van der Waals surface area contributed by atoms with E-state index < -0.39 is 52.9 Å². The number of carbonyl (C=O) groups is 1. The summed E-state index contributed by atoms with van der Waals surface area (Å²) in [5, 5.41) is 74.0. The van der Waals surface area contributed by atoms with Gasteiger partial charge in [-0.3, -0.25) is 9.69 Å². The maximum atomic E-state index is 13.9. The third-order valence-corrected chi connectivity index (χ3v) is 8.07. The van der Waals surface area contributed by atoms with Crippen LogP contribution in [0.1, 0.15) is 56.1 Å². The van der Waals surface area contributed by atoms with E-state index in [1.165, 1.54) is 43.3 Å². The summed E-state index contributed by atoms with van der Waals surface area (Å²) in [4.78, 5) is 15.3. The molecule has 0 spiro atoms. The largest absolute Gasteiger partial charge is 0.488 e. The van der Waals surface area contributed by atoms with Crippen molar-refractivity contribution in [1.29, 1.82) is 0 Å². The maximum absolute atomic E-state index is 13.9. The van der Waals surface area contributed by atoms with E-state index in [1.807, 2.05) is 27.7 Å². The van der Waals surface area contributed by atoms with Gasteiger partial charge in [0.05, 0.1) is 29.1 Å². The van der Waals surface area contributed by atoms with Crippen molar-refractivity contribution in [2.75, 3.05) is 13.1 Å². The second kappa shape index (κ2) is 11.7. The lowest BCUT2D eigenvalue weighted by Gasteiger charge is -2.54. The number of nitrogens with one attached hydrogen (secondary N) is 1. The van der Waals surface area contributed by atoms with E-state index in [0.717, 1.165) is 0 Å². The number of amides is 1. The van der Waals surface area contributed by atoms with Gasteiger partial charge in [0.2, 0.25) is 11.6 Å². The van der Waals surface area contributed by atoms with Gasteiger partial charge in [-0.15, -0.1) is 0 Å². The zero-order chi connectivity index (χ0) is 34.7. The lowest BCUT2D eigenvalue weighted by molar-refractivity contribution is -0.416. The fraction of sp³-hybridized carbons (Fsp3) is 0.469. The summed E-state index contributed by atoms with van der Waals surface area (Å²) in [6, 6.07) is 10.5. The Balaban J connectivity index is 0.000000288. The molecule has 1 amide bonds. The lowest BCUT2D eigenvalue weighted by atomic mass is 9.84. The quantitative estimate of drug-likeness (QED) is 0.211. The molecule has 1 unspecified atom stereocenters. The van der Waals surface area contributed by atoms with E-state index in [4.69, 9.17) is 9.47 Å². The van der Waals surface area contributed by atoms with Crippen molar-refractivity contribution < 1.29 is 54.4 Å². The second-order valence-corrected chi connectivity index (χ2v) is 13.1. The van der Waals surface area contributed by atoms with Crippen LogP contribution >= 0.6 is 0 Å². The summed E-state index contributed by atoms with van der Waals surface area (Å²) in [6.07, 6.45) is 0. The number of morpholine rings is 1. The van der Waals surface area contributed by atoms with E-state index in [1.54, 1.807) is 11.0 Å². The van der Waals surface area contributed by atoms with Crippen molar-refractivity contribution in [2.24, 2.45) is 0 Å². The Hall–Kier alpha value is -3.44. The minimum Gasteiger partial charge on any atom is -0.488 e. The normalized spacial score (nSPS) is 24.9. The van der Waals surface area contributed by atoms with Crippen molar-refractivity contribution in [1.82, 2.24) is 15.1 Å². The minimum absolute atomic E-state index is 0.0685. The molecular formula is C32H42FN3O10. The van der Waals surface area contributed by atoms with Crippen LogP contribution in [0.2, 0.25) is 0 Å². The van der Waals surface area contributed by atoms with Crippen LogP contribution in [0.5, 0.6) is 5.75 Å². The number of benzene rings is 2. The molecule has 0 aliphatic carbocycles. The standard InChI is InChI=1S/C22H21FN2O7.C10H21NO3/c1-12-20(27,22(30,31)21(28,29)13(2)24-12)25-10-16-15(19(25)26)7-5-9-18(16)32-11-14-6-3-4-8-17(14)23;1-8(2)6-11(10(5,12)13)7-9(3,4)14-8/h3-9,24,27-31H,1-2,10-11H2;12-13H,6-7H2,1-5H3. The number of rotatable bonds is 5. The van der Waals surface area contributed by atoms with Crippen molar-refractivity contribution in [3.63, 3.8) is 0 Å². The molecule has 14 heteroatoms. The van der Waals surface area contributed by atoms with Gasteiger partial charge in [-0.2, -0.15) is 0 Å². The van der Waals surface area contributed by atoms with Crippen LogP contribution in [0.3, 0.4) is 0 Å². The van der Waals surface area contributed by atoms with Crippen molar-refractivity contribution in [3.05, 3.63) is 89.5 Å². The Kier molecular flexibility index (Phi) is 8.98. The summed E-state index contributed by atoms with van der Waals surface area (Å²) in [7, 11) is 0. The van der Waals surface area contributed by atoms with Gasteiger partial charge in [0.1, 0.15) is 18.2 Å². The van der Waals surface area contributed by atoms with Gasteiger partial charge < -0.3 is 50.5 Å². The molecule has 2 aromatic carbocycles. The Morgan fingerprint density at radius 3 is 2.11 bits per heavy atom. The summed E-state index contributed by atoms with van der Waals surface area (Å²) < 4.78 is 25.4. The maximum Gasteiger partial charge on any atom is 0.280 e. The predicted octanol–water partition coefficient (Wildman–Crippen LogP) is 0.576. The molecule has 3 aliphatic rings. The van der Waals surface area contributed by atoms with Gasteiger partial charge in [-0.1, -0.05) is 37.4 Å². The minimum atomic E-state index is -3.69. The molecule has 46 heavy (non-hydrogen) atoms. The highest BCUT2D eigenvalue weighted by atomic mass is 19.1. The Morgan fingerprint density at radius 2 is 1.54 bits per heavy atom. The molecule has 0 saturated carbocycles. The SMILES string of the molecule is C=C1NC(=C)C(O)(N2Cc3c(OCc4ccccc4F)cccc3C2=O)C(O)(O)C1(O)O.CC1(C)CN(C(C)(O)O)CC(C)(C)O1. The molecule has 3 aliphatic heterocycles. The average Bonchev–Trinajstić information content (AvgIpc) is 3.26. The molecule has 252 valence electrons. The zero-order valence-electron chi connectivity index (χ0n) is 26.4. The number of carbonyl (C=O) groups excluding carboxylic acids is 1. The van der Waals surface area contributed by atoms with Crippen molar-refractivity contribution >= 4 is 5.91 Å². The third-order valence-electron chi connectivity index (χ3n) is 8.07. The van der Waals surface area contributed by atoms with Crippen molar-refractivity contribution in [2.45, 2.75) is 82.2 Å². The Labute approximate surface area is 266 Å². The number of halogens is 1. The van der Waals surface area contributed by atoms with E-state index in [9.17, 15) is 44.9 Å². The summed E-state index contributed by atoms with van der Waals surface area (Å²) in [5.41, 5.74) is -4.31.